The first-order chi connectivity index (χ1) is 10.1. The van der Waals surface area contributed by atoms with E-state index in [9.17, 15) is 0 Å². The van der Waals surface area contributed by atoms with E-state index in [1.54, 1.807) is 0 Å². The standard InChI is InChI=1S/C17H25NO2S/c1-13-17(2,3)15-12-14(8-9-16(15)18-13)20-19-10-6-4-5-7-11-21/h8-9,12,21H,4-7,10-11H2,1-3H3. The molecule has 0 bridgehead atoms. The Balaban J connectivity index is 1.81. The van der Waals surface area contributed by atoms with E-state index in [1.165, 1.54) is 18.4 Å². The predicted octanol–water partition coefficient (Wildman–Crippen LogP) is 4.87. The van der Waals surface area contributed by atoms with E-state index in [-0.39, 0.29) is 5.41 Å². The third-order valence-corrected chi connectivity index (χ3v) is 4.44. The van der Waals surface area contributed by atoms with Crippen LogP contribution >= 0.6 is 12.6 Å². The summed E-state index contributed by atoms with van der Waals surface area (Å²) in [4.78, 5) is 15.3. The molecule has 3 nitrogen and oxygen atoms in total. The number of unbranched alkanes of at least 4 members (excludes halogenated alkanes) is 3. The van der Waals surface area contributed by atoms with Crippen LogP contribution < -0.4 is 4.89 Å². The summed E-state index contributed by atoms with van der Waals surface area (Å²) >= 11 is 4.20. The number of hydrogen-bond donors (Lipinski definition) is 1. The number of benzene rings is 1. The minimum atomic E-state index is -0.0262. The van der Waals surface area contributed by atoms with Gasteiger partial charge in [-0.2, -0.15) is 17.5 Å². The fourth-order valence-corrected chi connectivity index (χ4v) is 2.64. The van der Waals surface area contributed by atoms with E-state index >= 15 is 0 Å². The van der Waals surface area contributed by atoms with Crippen LogP contribution in [0.2, 0.25) is 0 Å². The van der Waals surface area contributed by atoms with Crippen molar-refractivity contribution >= 4 is 24.0 Å². The molecule has 0 spiro atoms. The van der Waals surface area contributed by atoms with Crippen LogP contribution in [0.25, 0.3) is 0 Å². The van der Waals surface area contributed by atoms with Crippen molar-refractivity contribution in [2.45, 2.75) is 51.9 Å². The van der Waals surface area contributed by atoms with Crippen LogP contribution in [0.15, 0.2) is 23.2 Å². The molecular formula is C17H25NO2S. The minimum Gasteiger partial charge on any atom is -0.338 e. The Kier molecular flexibility index (Phi) is 5.71. The van der Waals surface area contributed by atoms with Gasteiger partial charge in [0, 0.05) is 11.1 Å². The highest BCUT2D eigenvalue weighted by Crippen LogP contribution is 2.41. The minimum absolute atomic E-state index is 0.0262. The van der Waals surface area contributed by atoms with E-state index in [1.807, 2.05) is 18.2 Å². The average molecular weight is 307 g/mol. The average Bonchev–Trinajstić information content (AvgIpc) is 2.68. The van der Waals surface area contributed by atoms with Gasteiger partial charge in [-0.3, -0.25) is 4.99 Å². The van der Waals surface area contributed by atoms with Gasteiger partial charge in [0.25, 0.3) is 0 Å². The first-order valence-electron chi connectivity index (χ1n) is 7.66. The molecule has 1 aliphatic rings. The molecule has 116 valence electrons. The summed E-state index contributed by atoms with van der Waals surface area (Å²) < 4.78 is 0. The van der Waals surface area contributed by atoms with E-state index in [0.29, 0.717) is 6.61 Å². The van der Waals surface area contributed by atoms with Crippen molar-refractivity contribution in [3.8, 4) is 5.75 Å². The summed E-state index contributed by atoms with van der Waals surface area (Å²) in [5, 5.41) is 0. The van der Waals surface area contributed by atoms with Gasteiger partial charge in [-0.25, -0.2) is 0 Å². The van der Waals surface area contributed by atoms with Gasteiger partial charge in [-0.05, 0) is 49.3 Å². The summed E-state index contributed by atoms with van der Waals surface area (Å²) in [6, 6.07) is 5.95. The van der Waals surface area contributed by atoms with Gasteiger partial charge in [0.2, 0.25) is 0 Å². The summed E-state index contributed by atoms with van der Waals surface area (Å²) in [7, 11) is 0. The monoisotopic (exact) mass is 307 g/mol. The highest BCUT2D eigenvalue weighted by Gasteiger charge is 2.32. The molecule has 0 aromatic heterocycles. The van der Waals surface area contributed by atoms with E-state index in [2.05, 4.69) is 38.4 Å². The highest BCUT2D eigenvalue weighted by atomic mass is 32.1. The molecule has 1 aromatic rings. The van der Waals surface area contributed by atoms with E-state index in [0.717, 1.165) is 35.7 Å². The molecule has 4 heteroatoms. The molecule has 1 aromatic carbocycles. The Morgan fingerprint density at radius 2 is 1.90 bits per heavy atom. The quantitative estimate of drug-likeness (QED) is 0.321. The molecule has 0 amide bonds. The van der Waals surface area contributed by atoms with Gasteiger partial charge < -0.3 is 4.89 Å². The number of nitrogens with zero attached hydrogens (tertiary/aromatic N) is 1. The van der Waals surface area contributed by atoms with E-state index < -0.39 is 0 Å². The number of rotatable bonds is 8. The zero-order valence-electron chi connectivity index (χ0n) is 13.2. The van der Waals surface area contributed by atoms with Gasteiger partial charge >= 0.3 is 0 Å². The molecule has 1 heterocycles. The summed E-state index contributed by atoms with van der Waals surface area (Å²) in [6.45, 7) is 7.07. The molecule has 0 fully saturated rings. The number of aliphatic imine (C=N–C) groups is 1. The van der Waals surface area contributed by atoms with Gasteiger partial charge in [-0.1, -0.05) is 26.7 Å². The van der Waals surface area contributed by atoms with Crippen LogP contribution in [-0.4, -0.2) is 18.1 Å². The summed E-state index contributed by atoms with van der Waals surface area (Å²) in [5.74, 6) is 1.71. The third kappa shape index (κ3) is 4.01. The van der Waals surface area contributed by atoms with Gasteiger partial charge in [0.05, 0.1) is 12.3 Å². The maximum Gasteiger partial charge on any atom is 0.165 e. The molecular weight excluding hydrogens is 282 g/mol. The van der Waals surface area contributed by atoms with Crippen molar-refractivity contribution in [2.24, 2.45) is 4.99 Å². The molecule has 0 aliphatic carbocycles. The second-order valence-electron chi connectivity index (χ2n) is 6.04. The molecule has 0 N–H and O–H groups in total. The van der Waals surface area contributed by atoms with Gasteiger partial charge in [0.1, 0.15) is 0 Å². The molecule has 1 aliphatic heterocycles. The Bertz CT molecular complexity index is 512. The second-order valence-corrected chi connectivity index (χ2v) is 6.49. The van der Waals surface area contributed by atoms with Crippen LogP contribution in [-0.2, 0) is 10.3 Å². The zero-order valence-corrected chi connectivity index (χ0v) is 14.1. The van der Waals surface area contributed by atoms with Crippen molar-refractivity contribution in [3.05, 3.63) is 23.8 Å². The van der Waals surface area contributed by atoms with Crippen LogP contribution in [0.3, 0.4) is 0 Å². The molecule has 0 saturated carbocycles. The smallest absolute Gasteiger partial charge is 0.165 e. The van der Waals surface area contributed by atoms with Crippen LogP contribution in [0, 0.1) is 0 Å². The predicted molar refractivity (Wildman–Crippen MR) is 91.1 cm³/mol. The molecule has 0 saturated heterocycles. The lowest BCUT2D eigenvalue weighted by Gasteiger charge is -2.20. The van der Waals surface area contributed by atoms with Crippen molar-refractivity contribution in [3.63, 3.8) is 0 Å². The van der Waals surface area contributed by atoms with Gasteiger partial charge in [-0.15, -0.1) is 0 Å². The van der Waals surface area contributed by atoms with Crippen LogP contribution in [0.5, 0.6) is 5.75 Å². The molecule has 21 heavy (non-hydrogen) atoms. The van der Waals surface area contributed by atoms with Gasteiger partial charge in [0.15, 0.2) is 5.75 Å². The van der Waals surface area contributed by atoms with Crippen LogP contribution in [0.1, 0.15) is 52.0 Å². The first-order valence-corrected chi connectivity index (χ1v) is 8.29. The third-order valence-electron chi connectivity index (χ3n) is 4.12. The zero-order chi connectivity index (χ0) is 15.3. The lowest BCUT2D eigenvalue weighted by Crippen LogP contribution is -2.22. The maximum absolute atomic E-state index is 5.40. The van der Waals surface area contributed by atoms with Crippen molar-refractivity contribution < 1.29 is 9.78 Å². The molecule has 0 unspecified atom stereocenters. The molecule has 2 rings (SSSR count). The lowest BCUT2D eigenvalue weighted by atomic mass is 9.82. The maximum atomic E-state index is 5.40. The summed E-state index contributed by atoms with van der Waals surface area (Å²) in [6.07, 6.45) is 4.56. The Morgan fingerprint density at radius 1 is 1.14 bits per heavy atom. The van der Waals surface area contributed by atoms with Crippen molar-refractivity contribution in [1.82, 2.24) is 0 Å². The van der Waals surface area contributed by atoms with E-state index in [4.69, 9.17) is 9.78 Å². The van der Waals surface area contributed by atoms with Crippen molar-refractivity contribution in [1.29, 1.82) is 0 Å². The fraction of sp³-hybridized carbons (Fsp3) is 0.588. The van der Waals surface area contributed by atoms with Crippen molar-refractivity contribution in [2.75, 3.05) is 12.4 Å². The normalized spacial score (nSPS) is 15.7. The number of fused-ring (bicyclic) bond motifs is 1. The largest absolute Gasteiger partial charge is 0.338 e. The SMILES string of the molecule is CC1=Nc2ccc(OOCCCCCCS)cc2C1(C)C. The highest BCUT2D eigenvalue weighted by molar-refractivity contribution is 7.80. The van der Waals surface area contributed by atoms with Crippen LogP contribution in [0.4, 0.5) is 5.69 Å². The molecule has 0 radical (unpaired) electrons. The Labute approximate surface area is 133 Å². The summed E-state index contributed by atoms with van der Waals surface area (Å²) in [5.41, 5.74) is 3.35. The topological polar surface area (TPSA) is 30.8 Å². The lowest BCUT2D eigenvalue weighted by molar-refractivity contribution is -0.207. The second kappa shape index (κ2) is 7.32. The Morgan fingerprint density at radius 3 is 2.67 bits per heavy atom. The number of thiol groups is 1. The Hall–Kier alpha value is -1.00. The first kappa shape index (κ1) is 16.4. The number of hydrogen-bond acceptors (Lipinski definition) is 4. The molecule has 0 atom stereocenters. The fourth-order valence-electron chi connectivity index (χ4n) is 2.42.